The molecule has 68 valence electrons. The average Bonchev–Trinajstić information content (AvgIpc) is 2.27. The first kappa shape index (κ1) is 9.30. The summed E-state index contributed by atoms with van der Waals surface area (Å²) in [7, 11) is 0. The van der Waals surface area contributed by atoms with Gasteiger partial charge in [0.15, 0.2) is 0 Å². The van der Waals surface area contributed by atoms with Crippen LogP contribution in [0.4, 0.5) is 0 Å². The molecule has 0 aromatic carbocycles. The highest BCUT2D eigenvalue weighted by atomic mass is 16.2. The molecule has 0 aromatic heterocycles. The van der Waals surface area contributed by atoms with Gasteiger partial charge in [-0.1, -0.05) is 19.4 Å². The van der Waals surface area contributed by atoms with Gasteiger partial charge in [-0.2, -0.15) is 0 Å². The van der Waals surface area contributed by atoms with E-state index in [1.165, 1.54) is 6.42 Å². The topological polar surface area (TPSA) is 20.3 Å². The third kappa shape index (κ3) is 2.68. The van der Waals surface area contributed by atoms with Crippen molar-refractivity contribution in [3.05, 3.63) is 12.3 Å². The lowest BCUT2D eigenvalue weighted by Gasteiger charge is -2.14. The molecule has 0 saturated carbocycles. The second kappa shape index (κ2) is 4.96. The molecule has 1 heterocycles. The smallest absolute Gasteiger partial charge is 0.226 e. The Labute approximate surface area is 74.2 Å². The molecule has 0 aromatic rings. The summed E-state index contributed by atoms with van der Waals surface area (Å²) < 4.78 is 0. The van der Waals surface area contributed by atoms with Gasteiger partial charge in [0.05, 0.1) is 0 Å². The number of carbonyl (C=O) groups excluding carboxylic acids is 1. The summed E-state index contributed by atoms with van der Waals surface area (Å²) in [6.45, 7) is 2.99. The Hall–Kier alpha value is -0.790. The fourth-order valence-corrected chi connectivity index (χ4v) is 1.39. The van der Waals surface area contributed by atoms with Crippen LogP contribution in [-0.4, -0.2) is 17.4 Å². The second-order valence-corrected chi connectivity index (χ2v) is 3.19. The van der Waals surface area contributed by atoms with Crippen LogP contribution < -0.4 is 0 Å². The molecule has 1 aliphatic heterocycles. The highest BCUT2D eigenvalue weighted by Gasteiger charge is 2.12. The van der Waals surface area contributed by atoms with Gasteiger partial charge in [-0.3, -0.25) is 4.79 Å². The minimum absolute atomic E-state index is 0.289. The highest BCUT2D eigenvalue weighted by molar-refractivity contribution is 5.77. The van der Waals surface area contributed by atoms with Gasteiger partial charge >= 0.3 is 0 Å². The summed E-state index contributed by atoms with van der Waals surface area (Å²) in [6, 6.07) is 0. The van der Waals surface area contributed by atoms with E-state index < -0.39 is 0 Å². The average molecular weight is 167 g/mol. The molecule has 1 amide bonds. The van der Waals surface area contributed by atoms with E-state index in [4.69, 9.17) is 0 Å². The van der Waals surface area contributed by atoms with Crippen LogP contribution in [0.2, 0.25) is 0 Å². The fraction of sp³-hybridized carbons (Fsp3) is 0.700. The van der Waals surface area contributed by atoms with E-state index in [1.807, 2.05) is 17.2 Å². The lowest BCUT2D eigenvalue weighted by molar-refractivity contribution is -0.128. The van der Waals surface area contributed by atoms with E-state index in [2.05, 4.69) is 6.92 Å². The number of nitrogens with zero attached hydrogens (tertiary/aromatic N) is 1. The normalized spacial score (nSPS) is 20.1. The Morgan fingerprint density at radius 1 is 1.42 bits per heavy atom. The maximum absolute atomic E-state index is 11.4. The van der Waals surface area contributed by atoms with Gasteiger partial charge in [0, 0.05) is 19.2 Å². The Morgan fingerprint density at radius 3 is 3.00 bits per heavy atom. The molecule has 0 bridgehead atoms. The van der Waals surface area contributed by atoms with Crippen LogP contribution >= 0.6 is 0 Å². The van der Waals surface area contributed by atoms with Gasteiger partial charge in [0.1, 0.15) is 0 Å². The lowest BCUT2D eigenvalue weighted by atomic mass is 10.2. The van der Waals surface area contributed by atoms with E-state index in [9.17, 15) is 4.79 Å². The summed E-state index contributed by atoms with van der Waals surface area (Å²) in [5.74, 6) is 0.289. The fourth-order valence-electron chi connectivity index (χ4n) is 1.39. The predicted octanol–water partition coefficient (Wildman–Crippen LogP) is 2.31. The molecule has 0 spiro atoms. The van der Waals surface area contributed by atoms with Gasteiger partial charge in [-0.15, -0.1) is 0 Å². The van der Waals surface area contributed by atoms with Crippen molar-refractivity contribution in [2.24, 2.45) is 0 Å². The molecule has 1 rings (SSSR count). The van der Waals surface area contributed by atoms with Crippen LogP contribution in [0.1, 0.15) is 39.0 Å². The van der Waals surface area contributed by atoms with Crippen LogP contribution in [0.5, 0.6) is 0 Å². The summed E-state index contributed by atoms with van der Waals surface area (Å²) in [5, 5.41) is 0. The summed E-state index contributed by atoms with van der Waals surface area (Å²) in [5.41, 5.74) is 0. The maximum atomic E-state index is 11.4. The standard InChI is InChI=1S/C10H17NO/c1-2-3-8-11-9-6-4-5-7-10(11)12/h3,8H,2,4-7,9H2,1H3/b8-3+. The van der Waals surface area contributed by atoms with Crippen LogP contribution in [0.25, 0.3) is 0 Å². The molecule has 0 unspecified atom stereocenters. The van der Waals surface area contributed by atoms with Gasteiger partial charge < -0.3 is 4.90 Å². The first-order valence-electron chi connectivity index (χ1n) is 4.80. The summed E-state index contributed by atoms with van der Waals surface area (Å²) >= 11 is 0. The van der Waals surface area contributed by atoms with Crippen molar-refractivity contribution in [1.82, 2.24) is 4.90 Å². The first-order valence-corrected chi connectivity index (χ1v) is 4.80. The van der Waals surface area contributed by atoms with E-state index >= 15 is 0 Å². The van der Waals surface area contributed by atoms with Crippen molar-refractivity contribution in [1.29, 1.82) is 0 Å². The number of hydrogen-bond acceptors (Lipinski definition) is 1. The van der Waals surface area contributed by atoms with E-state index in [1.54, 1.807) is 0 Å². The molecule has 0 atom stereocenters. The van der Waals surface area contributed by atoms with Crippen molar-refractivity contribution in [2.45, 2.75) is 39.0 Å². The molecule has 2 nitrogen and oxygen atoms in total. The molecule has 0 radical (unpaired) electrons. The summed E-state index contributed by atoms with van der Waals surface area (Å²) in [6.07, 6.45) is 9.13. The Morgan fingerprint density at radius 2 is 2.25 bits per heavy atom. The number of carbonyl (C=O) groups is 1. The van der Waals surface area contributed by atoms with Crippen LogP contribution in [0.15, 0.2) is 12.3 Å². The second-order valence-electron chi connectivity index (χ2n) is 3.19. The number of hydrogen-bond donors (Lipinski definition) is 0. The number of allylic oxidation sites excluding steroid dienone is 1. The zero-order valence-electron chi connectivity index (χ0n) is 7.75. The number of likely N-dealkylation sites (tertiary alicyclic amines) is 1. The maximum Gasteiger partial charge on any atom is 0.226 e. The zero-order chi connectivity index (χ0) is 8.81. The predicted molar refractivity (Wildman–Crippen MR) is 49.6 cm³/mol. The van der Waals surface area contributed by atoms with Gasteiger partial charge in [0.25, 0.3) is 0 Å². The van der Waals surface area contributed by atoms with Gasteiger partial charge in [-0.05, 0) is 19.3 Å². The number of amides is 1. The lowest BCUT2D eigenvalue weighted by Crippen LogP contribution is -2.24. The third-order valence-electron chi connectivity index (χ3n) is 2.13. The van der Waals surface area contributed by atoms with Crippen LogP contribution in [0, 0.1) is 0 Å². The summed E-state index contributed by atoms with van der Waals surface area (Å²) in [4.78, 5) is 13.3. The zero-order valence-corrected chi connectivity index (χ0v) is 7.75. The van der Waals surface area contributed by atoms with Crippen molar-refractivity contribution in [2.75, 3.05) is 6.54 Å². The van der Waals surface area contributed by atoms with Crippen molar-refractivity contribution < 1.29 is 4.79 Å². The van der Waals surface area contributed by atoms with Crippen LogP contribution in [-0.2, 0) is 4.79 Å². The molecular formula is C10H17NO. The van der Waals surface area contributed by atoms with Crippen LogP contribution in [0.3, 0.4) is 0 Å². The highest BCUT2D eigenvalue weighted by Crippen LogP contribution is 2.11. The Bertz CT molecular complexity index is 175. The monoisotopic (exact) mass is 167 g/mol. The van der Waals surface area contributed by atoms with Crippen molar-refractivity contribution in [3.8, 4) is 0 Å². The molecule has 0 N–H and O–H groups in total. The molecule has 1 fully saturated rings. The molecule has 0 aliphatic carbocycles. The largest absolute Gasteiger partial charge is 0.319 e. The molecule has 1 saturated heterocycles. The Kier molecular flexibility index (Phi) is 3.85. The molecule has 2 heteroatoms. The van der Waals surface area contributed by atoms with E-state index in [0.29, 0.717) is 0 Å². The molecule has 1 aliphatic rings. The minimum Gasteiger partial charge on any atom is -0.319 e. The Balaban J connectivity index is 2.47. The van der Waals surface area contributed by atoms with Gasteiger partial charge in [-0.25, -0.2) is 0 Å². The van der Waals surface area contributed by atoms with E-state index in [-0.39, 0.29) is 5.91 Å². The molecule has 12 heavy (non-hydrogen) atoms. The SMILES string of the molecule is CC/C=C/N1CCCCCC1=O. The quantitative estimate of drug-likeness (QED) is 0.618. The van der Waals surface area contributed by atoms with Crippen molar-refractivity contribution in [3.63, 3.8) is 0 Å². The minimum atomic E-state index is 0.289. The van der Waals surface area contributed by atoms with E-state index in [0.717, 1.165) is 32.2 Å². The number of rotatable bonds is 2. The van der Waals surface area contributed by atoms with Crippen molar-refractivity contribution >= 4 is 5.91 Å². The van der Waals surface area contributed by atoms with Gasteiger partial charge in [0.2, 0.25) is 5.91 Å². The third-order valence-corrected chi connectivity index (χ3v) is 2.13. The first-order chi connectivity index (χ1) is 5.84. The molecular weight excluding hydrogens is 150 g/mol.